The third-order valence-corrected chi connectivity index (χ3v) is 6.52. The fraction of sp³-hybridized carbons (Fsp3) is 1.00. The highest BCUT2D eigenvalue weighted by atomic mass is 15.0. The van der Waals surface area contributed by atoms with Crippen molar-refractivity contribution in [3.8, 4) is 0 Å². The van der Waals surface area contributed by atoms with E-state index in [0.29, 0.717) is 0 Å². The molecule has 2 nitrogen and oxygen atoms in total. The molecule has 0 bridgehead atoms. The van der Waals surface area contributed by atoms with Gasteiger partial charge in [0, 0.05) is 18.1 Å². The predicted molar refractivity (Wildman–Crippen MR) is 90.6 cm³/mol. The Kier molecular flexibility index (Phi) is 5.99. The van der Waals surface area contributed by atoms with E-state index >= 15 is 0 Å². The van der Waals surface area contributed by atoms with Gasteiger partial charge in [-0.2, -0.15) is 0 Å². The summed E-state index contributed by atoms with van der Waals surface area (Å²) in [6.45, 7) is 3.72. The van der Waals surface area contributed by atoms with Crippen molar-refractivity contribution in [1.29, 1.82) is 0 Å². The number of piperidine rings is 1. The van der Waals surface area contributed by atoms with E-state index in [9.17, 15) is 0 Å². The molecule has 0 aromatic heterocycles. The van der Waals surface area contributed by atoms with E-state index in [-0.39, 0.29) is 0 Å². The molecule has 21 heavy (non-hydrogen) atoms. The largest absolute Gasteiger partial charge is 0.314 e. The number of hydrogen-bond acceptors (Lipinski definition) is 2. The van der Waals surface area contributed by atoms with E-state index in [1.165, 1.54) is 83.6 Å². The highest BCUT2D eigenvalue weighted by Gasteiger charge is 2.34. The van der Waals surface area contributed by atoms with Gasteiger partial charge in [-0.3, -0.25) is 0 Å². The fourth-order valence-corrected chi connectivity index (χ4v) is 5.20. The van der Waals surface area contributed by atoms with Crippen LogP contribution >= 0.6 is 0 Å². The molecule has 0 amide bonds. The molecular weight excluding hydrogens is 256 g/mol. The van der Waals surface area contributed by atoms with E-state index < -0.39 is 0 Å². The second-order valence-corrected chi connectivity index (χ2v) is 7.96. The Morgan fingerprint density at radius 1 is 0.810 bits per heavy atom. The van der Waals surface area contributed by atoms with Gasteiger partial charge < -0.3 is 10.6 Å². The number of hydrogen-bond donors (Lipinski definition) is 2. The molecule has 4 atom stereocenters. The first-order chi connectivity index (χ1) is 10.3. The monoisotopic (exact) mass is 292 g/mol. The minimum atomic E-state index is 0.736. The van der Waals surface area contributed by atoms with Crippen LogP contribution in [0.15, 0.2) is 0 Å². The van der Waals surface area contributed by atoms with Crippen molar-refractivity contribution >= 4 is 0 Å². The maximum Gasteiger partial charge on any atom is 0.0113 e. The van der Waals surface area contributed by atoms with Crippen molar-refractivity contribution < 1.29 is 0 Å². The first-order valence-electron chi connectivity index (χ1n) is 9.84. The number of rotatable bonds is 4. The van der Waals surface area contributed by atoms with Crippen LogP contribution in [0, 0.1) is 11.8 Å². The Balaban J connectivity index is 1.55. The highest BCUT2D eigenvalue weighted by Crippen LogP contribution is 2.32. The summed E-state index contributed by atoms with van der Waals surface area (Å²) in [5.74, 6) is 1.84. The molecule has 2 saturated carbocycles. The molecule has 122 valence electrons. The molecule has 3 fully saturated rings. The lowest BCUT2D eigenvalue weighted by Crippen LogP contribution is -2.53. The first kappa shape index (κ1) is 15.8. The second-order valence-electron chi connectivity index (χ2n) is 7.96. The van der Waals surface area contributed by atoms with Gasteiger partial charge in [0.1, 0.15) is 0 Å². The van der Waals surface area contributed by atoms with Crippen LogP contribution in [0.1, 0.15) is 84.0 Å². The van der Waals surface area contributed by atoms with Crippen molar-refractivity contribution in [2.45, 2.75) is 102 Å². The average Bonchev–Trinajstić information content (AvgIpc) is 2.57. The van der Waals surface area contributed by atoms with Gasteiger partial charge in [-0.15, -0.1) is 0 Å². The highest BCUT2D eigenvalue weighted by molar-refractivity contribution is 4.92. The molecule has 1 aliphatic heterocycles. The van der Waals surface area contributed by atoms with Gasteiger partial charge in [0.2, 0.25) is 0 Å². The van der Waals surface area contributed by atoms with Crippen LogP contribution in [-0.4, -0.2) is 24.7 Å². The van der Waals surface area contributed by atoms with Gasteiger partial charge in [0.15, 0.2) is 0 Å². The molecule has 3 unspecified atom stereocenters. The summed E-state index contributed by atoms with van der Waals surface area (Å²) in [5, 5.41) is 7.93. The van der Waals surface area contributed by atoms with Crippen molar-refractivity contribution in [2.75, 3.05) is 6.54 Å². The van der Waals surface area contributed by atoms with Gasteiger partial charge in [0.05, 0.1) is 0 Å². The molecule has 2 heteroatoms. The summed E-state index contributed by atoms with van der Waals surface area (Å²) >= 11 is 0. The molecular formula is C19H36N2. The Bertz CT molecular complexity index is 292. The number of nitrogens with one attached hydrogen (secondary N) is 2. The molecule has 0 aromatic rings. The van der Waals surface area contributed by atoms with E-state index in [4.69, 9.17) is 0 Å². The zero-order valence-corrected chi connectivity index (χ0v) is 14.1. The molecule has 0 spiro atoms. The first-order valence-corrected chi connectivity index (χ1v) is 9.84. The normalized spacial score (nSPS) is 37.3. The average molecular weight is 293 g/mol. The third-order valence-electron chi connectivity index (χ3n) is 6.52. The maximum atomic E-state index is 4.10. The van der Waals surface area contributed by atoms with Gasteiger partial charge >= 0.3 is 0 Å². The van der Waals surface area contributed by atoms with Crippen molar-refractivity contribution in [3.63, 3.8) is 0 Å². The van der Waals surface area contributed by atoms with Crippen molar-refractivity contribution in [1.82, 2.24) is 10.6 Å². The van der Waals surface area contributed by atoms with Crippen molar-refractivity contribution in [3.05, 3.63) is 0 Å². The minimum Gasteiger partial charge on any atom is -0.314 e. The summed E-state index contributed by atoms with van der Waals surface area (Å²) in [7, 11) is 0. The van der Waals surface area contributed by atoms with Crippen LogP contribution in [0.4, 0.5) is 0 Å². The summed E-state index contributed by atoms with van der Waals surface area (Å²) in [4.78, 5) is 0. The molecule has 3 rings (SSSR count). The summed E-state index contributed by atoms with van der Waals surface area (Å²) in [6.07, 6.45) is 17.4. The quantitative estimate of drug-likeness (QED) is 0.809. The summed E-state index contributed by atoms with van der Waals surface area (Å²) in [6, 6.07) is 2.32. The predicted octanol–water partition coefficient (Wildman–Crippen LogP) is 4.25. The summed E-state index contributed by atoms with van der Waals surface area (Å²) in [5.41, 5.74) is 0. The van der Waals surface area contributed by atoms with E-state index in [2.05, 4.69) is 17.6 Å². The fourth-order valence-electron chi connectivity index (χ4n) is 5.20. The molecule has 3 aliphatic rings. The Labute approximate surface area is 131 Å². The SMILES string of the molecule is C[C@H](NC1CCCCC1C1CCCCN1)C1CCCCC1. The maximum absolute atomic E-state index is 4.10. The molecule has 1 saturated heterocycles. The Morgan fingerprint density at radius 3 is 2.29 bits per heavy atom. The van der Waals surface area contributed by atoms with Crippen molar-refractivity contribution in [2.24, 2.45) is 11.8 Å². The summed E-state index contributed by atoms with van der Waals surface area (Å²) < 4.78 is 0. The zero-order chi connectivity index (χ0) is 14.5. The third kappa shape index (κ3) is 4.22. The smallest absolute Gasteiger partial charge is 0.0113 e. The zero-order valence-electron chi connectivity index (χ0n) is 14.1. The van der Waals surface area contributed by atoms with Gasteiger partial charge in [-0.25, -0.2) is 0 Å². The van der Waals surface area contributed by atoms with Gasteiger partial charge in [-0.05, 0) is 63.8 Å². The van der Waals surface area contributed by atoms with Crippen LogP contribution in [0.2, 0.25) is 0 Å². The lowest BCUT2D eigenvalue weighted by molar-refractivity contribution is 0.155. The van der Waals surface area contributed by atoms with E-state index in [1.807, 2.05) is 0 Å². The van der Waals surface area contributed by atoms with E-state index in [0.717, 1.165) is 30.0 Å². The van der Waals surface area contributed by atoms with E-state index in [1.54, 1.807) is 0 Å². The van der Waals surface area contributed by atoms with Crippen LogP contribution in [0.5, 0.6) is 0 Å². The second kappa shape index (κ2) is 7.97. The van der Waals surface area contributed by atoms with Crippen LogP contribution in [0.25, 0.3) is 0 Å². The molecule has 2 aliphatic carbocycles. The molecule has 0 radical (unpaired) electrons. The Morgan fingerprint density at radius 2 is 1.52 bits per heavy atom. The van der Waals surface area contributed by atoms with Gasteiger partial charge in [-0.1, -0.05) is 38.5 Å². The lowest BCUT2D eigenvalue weighted by atomic mass is 9.76. The standard InChI is InChI=1S/C19H36N2/c1-15(16-9-3-2-4-10-16)21-19-13-6-5-11-17(19)18-12-7-8-14-20-18/h15-21H,2-14H2,1H3/t15-,17?,18?,19?/m0/s1. The minimum absolute atomic E-state index is 0.736. The molecule has 2 N–H and O–H groups in total. The Hall–Kier alpha value is -0.0800. The molecule has 0 aromatic carbocycles. The molecule has 1 heterocycles. The lowest BCUT2D eigenvalue weighted by Gasteiger charge is -2.42. The van der Waals surface area contributed by atoms with Gasteiger partial charge in [0.25, 0.3) is 0 Å². The van der Waals surface area contributed by atoms with Crippen LogP contribution in [-0.2, 0) is 0 Å². The van der Waals surface area contributed by atoms with Crippen LogP contribution < -0.4 is 10.6 Å². The topological polar surface area (TPSA) is 24.1 Å². The van der Waals surface area contributed by atoms with Crippen LogP contribution in [0.3, 0.4) is 0 Å².